The Morgan fingerprint density at radius 3 is 2.04 bits per heavy atom. The van der Waals surface area contributed by atoms with Crippen LogP contribution in [0.25, 0.3) is 5.65 Å². The van der Waals surface area contributed by atoms with Crippen LogP contribution in [0.15, 0.2) is 24.3 Å². The summed E-state index contributed by atoms with van der Waals surface area (Å²) in [7, 11) is 0. The molecule has 1 unspecified atom stereocenters. The maximum absolute atomic E-state index is 11.3. The van der Waals surface area contributed by atoms with Gasteiger partial charge in [-0.2, -0.15) is 0 Å². The fourth-order valence-corrected chi connectivity index (χ4v) is 3.16. The summed E-state index contributed by atoms with van der Waals surface area (Å²) in [6.07, 6.45) is 7.36. The number of rotatable bonds is 7. The number of fused-ring (bicyclic) bond motifs is 1. The van der Waals surface area contributed by atoms with E-state index in [1.807, 2.05) is 13.0 Å². The van der Waals surface area contributed by atoms with Crippen LogP contribution in [0.4, 0.5) is 5.69 Å². The molecule has 1 atom stereocenters. The molecule has 0 fully saturated rings. The Kier molecular flexibility index (Phi) is 11.8. The first-order valence-electron chi connectivity index (χ1n) is 12.9. The molecule has 0 aliphatic carbocycles. The molecule has 0 bridgehead atoms. The zero-order valence-electron chi connectivity index (χ0n) is 24.6. The zero-order valence-corrected chi connectivity index (χ0v) is 24.6. The molecule has 1 aromatic carbocycles. The predicted molar refractivity (Wildman–Crippen MR) is 168 cm³/mol. The Morgan fingerprint density at radius 1 is 0.911 bits per heavy atom. The van der Waals surface area contributed by atoms with E-state index in [0.717, 1.165) is 5.69 Å². The first-order chi connectivity index (χ1) is 21.7. The van der Waals surface area contributed by atoms with Crippen molar-refractivity contribution >= 4 is 11.3 Å². The molecule has 10 heteroatoms. The Labute approximate surface area is 261 Å². The third-order valence-corrected chi connectivity index (χ3v) is 5.33. The van der Waals surface area contributed by atoms with Crippen molar-refractivity contribution in [3.05, 3.63) is 45.9 Å². The number of nitrogens with one attached hydrogen (secondary N) is 2. The topological polar surface area (TPSA) is 120 Å². The molecule has 0 amide bonds. The molecule has 10 nitrogen and oxygen atoms in total. The van der Waals surface area contributed by atoms with Crippen molar-refractivity contribution in [1.82, 2.24) is 25.1 Å². The monoisotopic (exact) mass is 590 g/mol. The summed E-state index contributed by atoms with van der Waals surface area (Å²) in [5, 5.41) is 26.3. The number of aromatic amines is 1. The van der Waals surface area contributed by atoms with E-state index in [1.165, 1.54) is 18.2 Å². The maximum Gasteiger partial charge on any atom is 0.273 e. The fraction of sp³-hybridized carbons (Fsp3) is 0.200. The number of nitro groups is 1. The number of hydrogen-bond acceptors (Lipinski definition) is 7. The minimum atomic E-state index is -0.538. The summed E-state index contributed by atoms with van der Waals surface area (Å²) in [6.45, 7) is 8.16. The molecule has 0 saturated heterocycles. The minimum absolute atomic E-state index is 0.0162. The molecule has 2 N–H and O–H groups in total. The van der Waals surface area contributed by atoms with Gasteiger partial charge >= 0.3 is 0 Å². The van der Waals surface area contributed by atoms with Crippen molar-refractivity contribution in [2.45, 2.75) is 39.2 Å². The second kappa shape index (κ2) is 16.4. The molecule has 216 valence electrons. The van der Waals surface area contributed by atoms with E-state index >= 15 is 0 Å². The standard InChI is InChI=1S/C35H22N6O4/c1-6-7-8-9-10-11-12-13-14-15-16-17-18-19-20-21-24-44-30-23-22-29(41(42)43)25-31(30)45-27-36-28(2)34-38-37-33-26-32(35(3,4)5)39-40(33)34/h1,22-23,25-26,28,36,39H,27H2,2-5H3. The average Bonchev–Trinajstić information content (AvgIpc) is 3.61. The van der Waals surface area contributed by atoms with Gasteiger partial charge in [0.15, 0.2) is 23.0 Å². The minimum Gasteiger partial charge on any atom is -0.474 e. The van der Waals surface area contributed by atoms with Crippen LogP contribution in [0.2, 0.25) is 0 Å². The number of terminal acetylenes is 1. The van der Waals surface area contributed by atoms with Gasteiger partial charge in [0.25, 0.3) is 5.69 Å². The Morgan fingerprint density at radius 2 is 1.49 bits per heavy atom. The Balaban J connectivity index is 1.59. The number of non-ortho nitro benzene ring substituents is 1. The summed E-state index contributed by atoms with van der Waals surface area (Å²) in [5.41, 5.74) is 1.45. The second-order valence-electron chi connectivity index (χ2n) is 9.50. The molecular weight excluding hydrogens is 568 g/mol. The third-order valence-electron chi connectivity index (χ3n) is 5.33. The molecule has 0 spiro atoms. The molecular formula is C35H22N6O4. The predicted octanol–water partition coefficient (Wildman–Crippen LogP) is 2.95. The number of nitro benzene ring substituents is 1. The SMILES string of the molecule is C#CC#CC#CC#CC#CC#CC#CC#CC#COc1ccc([N+](=O)[O-])cc1OCNC(C)c1nnc2cc(C(C)(C)C)[nH]n12. The number of nitrogens with zero attached hydrogens (tertiary/aromatic N) is 4. The maximum atomic E-state index is 11.3. The molecule has 3 aromatic rings. The molecule has 45 heavy (non-hydrogen) atoms. The van der Waals surface area contributed by atoms with E-state index in [1.54, 1.807) is 4.52 Å². The lowest BCUT2D eigenvalue weighted by Crippen LogP contribution is -2.25. The van der Waals surface area contributed by atoms with E-state index in [9.17, 15) is 10.1 Å². The Hall–Kier alpha value is -7.10. The van der Waals surface area contributed by atoms with E-state index in [0.29, 0.717) is 11.5 Å². The van der Waals surface area contributed by atoms with Crippen LogP contribution in [0, 0.1) is 117 Å². The molecule has 0 aliphatic heterocycles. The third kappa shape index (κ3) is 10.3. The molecule has 3 rings (SSSR count). The highest BCUT2D eigenvalue weighted by atomic mass is 16.6. The lowest BCUT2D eigenvalue weighted by Gasteiger charge is -2.16. The molecule has 2 heterocycles. The van der Waals surface area contributed by atoms with E-state index < -0.39 is 4.92 Å². The van der Waals surface area contributed by atoms with Crippen molar-refractivity contribution in [3.63, 3.8) is 0 Å². The van der Waals surface area contributed by atoms with Crippen molar-refractivity contribution < 1.29 is 14.4 Å². The van der Waals surface area contributed by atoms with Gasteiger partial charge in [0.1, 0.15) is 12.8 Å². The highest BCUT2D eigenvalue weighted by molar-refractivity contribution is 5.50. The van der Waals surface area contributed by atoms with Crippen LogP contribution in [0.1, 0.15) is 45.3 Å². The molecule has 0 aliphatic rings. The van der Waals surface area contributed by atoms with Crippen LogP contribution in [0.5, 0.6) is 11.5 Å². The number of hydrogen-bond donors (Lipinski definition) is 2. The van der Waals surface area contributed by atoms with Crippen molar-refractivity contribution in [3.8, 4) is 119 Å². The molecule has 0 saturated carbocycles. The summed E-state index contributed by atoms with van der Waals surface area (Å²) in [6, 6.07) is 5.58. The summed E-state index contributed by atoms with van der Waals surface area (Å²) < 4.78 is 13.0. The quantitative estimate of drug-likeness (QED) is 0.188. The van der Waals surface area contributed by atoms with Gasteiger partial charge in [-0.25, -0.2) is 4.52 Å². The number of benzene rings is 1. The smallest absolute Gasteiger partial charge is 0.273 e. The van der Waals surface area contributed by atoms with Gasteiger partial charge in [0.2, 0.25) is 0 Å². The van der Waals surface area contributed by atoms with Crippen LogP contribution < -0.4 is 14.8 Å². The second-order valence-corrected chi connectivity index (χ2v) is 9.50. The van der Waals surface area contributed by atoms with Gasteiger partial charge in [-0.3, -0.25) is 20.5 Å². The van der Waals surface area contributed by atoms with E-state index in [2.05, 4.69) is 142 Å². The fourth-order valence-electron chi connectivity index (χ4n) is 3.16. The number of H-pyrrole nitrogens is 1. The summed E-state index contributed by atoms with van der Waals surface area (Å²) in [5.74, 6) is 40.0. The molecule has 2 aromatic heterocycles. The lowest BCUT2D eigenvalue weighted by atomic mass is 9.93. The van der Waals surface area contributed by atoms with Crippen molar-refractivity contribution in [1.29, 1.82) is 0 Å². The van der Waals surface area contributed by atoms with Crippen molar-refractivity contribution in [2.24, 2.45) is 0 Å². The van der Waals surface area contributed by atoms with Crippen molar-refractivity contribution in [2.75, 3.05) is 6.73 Å². The van der Waals surface area contributed by atoms with Crippen LogP contribution >= 0.6 is 0 Å². The van der Waals surface area contributed by atoms with Gasteiger partial charge in [0, 0.05) is 70.6 Å². The van der Waals surface area contributed by atoms with Crippen LogP contribution in [-0.4, -0.2) is 31.5 Å². The first-order valence-corrected chi connectivity index (χ1v) is 12.9. The van der Waals surface area contributed by atoms with Gasteiger partial charge in [-0.15, -0.1) is 16.6 Å². The largest absolute Gasteiger partial charge is 0.474 e. The normalized spacial score (nSPS) is 9.49. The van der Waals surface area contributed by atoms with E-state index in [4.69, 9.17) is 15.9 Å². The van der Waals surface area contributed by atoms with Gasteiger partial charge in [-0.1, -0.05) is 20.8 Å². The Bertz CT molecular complexity index is 2170. The zero-order chi connectivity index (χ0) is 32.5. The number of ether oxygens (including phenoxy) is 2. The van der Waals surface area contributed by atoms with Gasteiger partial charge < -0.3 is 9.47 Å². The van der Waals surface area contributed by atoms with Crippen LogP contribution in [-0.2, 0) is 5.41 Å². The van der Waals surface area contributed by atoms with Crippen LogP contribution in [0.3, 0.4) is 0 Å². The molecule has 0 radical (unpaired) electrons. The summed E-state index contributed by atoms with van der Waals surface area (Å²) >= 11 is 0. The summed E-state index contributed by atoms with van der Waals surface area (Å²) in [4.78, 5) is 10.8. The highest BCUT2D eigenvalue weighted by Crippen LogP contribution is 2.31. The van der Waals surface area contributed by atoms with Gasteiger partial charge in [-0.05, 0) is 60.4 Å². The highest BCUT2D eigenvalue weighted by Gasteiger charge is 2.21. The van der Waals surface area contributed by atoms with Gasteiger partial charge in [0.05, 0.1) is 17.0 Å². The van der Waals surface area contributed by atoms with E-state index in [-0.39, 0.29) is 35.4 Å². The first kappa shape index (κ1) is 32.4. The number of aromatic nitrogens is 4. The average molecular weight is 591 g/mol. The lowest BCUT2D eigenvalue weighted by molar-refractivity contribution is -0.385.